The summed E-state index contributed by atoms with van der Waals surface area (Å²) < 4.78 is 23.0. The first kappa shape index (κ1) is 33.3. The lowest BCUT2D eigenvalue weighted by molar-refractivity contribution is 0.0166. The normalized spacial score (nSPS) is 17.5. The third kappa shape index (κ3) is 9.02. The minimum absolute atomic E-state index is 0.0508. The van der Waals surface area contributed by atoms with E-state index in [1.54, 1.807) is 7.11 Å². The summed E-state index contributed by atoms with van der Waals surface area (Å²) in [6.07, 6.45) is 1.37. The third-order valence-electron chi connectivity index (χ3n) is 8.46. The molecule has 0 radical (unpaired) electrons. The number of amides is 1. The molecule has 1 fully saturated rings. The highest BCUT2D eigenvalue weighted by Gasteiger charge is 2.35. The fourth-order valence-corrected chi connectivity index (χ4v) is 6.07. The SMILES string of the molecule is COc1ccccc1COCCCOc1ccc(C2CCN(C(=O)OC(C)(C)C)CC2NC(C)c2ccc3ccccc3c2)cc1. The molecule has 1 aliphatic rings. The Kier molecular flexibility index (Phi) is 11.2. The molecule has 3 unspecified atom stereocenters. The molecule has 1 saturated heterocycles. The number of hydrogen-bond acceptors (Lipinski definition) is 6. The van der Waals surface area contributed by atoms with Crippen LogP contribution in [0.25, 0.3) is 10.8 Å². The van der Waals surface area contributed by atoms with E-state index in [-0.39, 0.29) is 24.1 Å². The molecule has 0 spiro atoms. The number of carbonyl (C=O) groups excluding carboxylic acids is 1. The van der Waals surface area contributed by atoms with Gasteiger partial charge in [0.25, 0.3) is 0 Å². The van der Waals surface area contributed by atoms with E-state index in [9.17, 15) is 4.79 Å². The number of fused-ring (bicyclic) bond motifs is 1. The van der Waals surface area contributed by atoms with Gasteiger partial charge < -0.3 is 29.2 Å². The predicted octanol–water partition coefficient (Wildman–Crippen LogP) is 8.28. The number of piperidine rings is 1. The second-order valence-corrected chi connectivity index (χ2v) is 13.1. The number of likely N-dealkylation sites (tertiary alicyclic amines) is 1. The maximum atomic E-state index is 13.1. The molecular formula is C39H48N2O5. The molecule has 0 aromatic heterocycles. The van der Waals surface area contributed by atoms with Crippen molar-refractivity contribution in [3.05, 3.63) is 108 Å². The molecule has 1 N–H and O–H groups in total. The number of carbonyl (C=O) groups is 1. The lowest BCUT2D eigenvalue weighted by atomic mass is 9.84. The fourth-order valence-electron chi connectivity index (χ4n) is 6.07. The van der Waals surface area contributed by atoms with Crippen LogP contribution in [0.15, 0.2) is 91.0 Å². The van der Waals surface area contributed by atoms with Crippen molar-refractivity contribution in [1.82, 2.24) is 10.2 Å². The maximum absolute atomic E-state index is 13.1. The number of benzene rings is 4. The Morgan fingerprint density at radius 2 is 1.67 bits per heavy atom. The van der Waals surface area contributed by atoms with Crippen LogP contribution in [-0.2, 0) is 16.1 Å². The number of nitrogens with one attached hydrogen (secondary N) is 1. The molecule has 1 aliphatic heterocycles. The van der Waals surface area contributed by atoms with Gasteiger partial charge in [-0.25, -0.2) is 4.79 Å². The molecule has 1 heterocycles. The van der Waals surface area contributed by atoms with E-state index in [0.717, 1.165) is 29.9 Å². The van der Waals surface area contributed by atoms with Crippen molar-refractivity contribution in [2.45, 2.75) is 70.7 Å². The predicted molar refractivity (Wildman–Crippen MR) is 184 cm³/mol. The molecule has 0 saturated carbocycles. The van der Waals surface area contributed by atoms with Crippen molar-refractivity contribution in [3.63, 3.8) is 0 Å². The molecular weight excluding hydrogens is 576 g/mol. The molecule has 7 nitrogen and oxygen atoms in total. The second kappa shape index (κ2) is 15.5. The fraction of sp³-hybridized carbons (Fsp3) is 0.410. The molecule has 244 valence electrons. The Bertz CT molecular complexity index is 1560. The van der Waals surface area contributed by atoms with Crippen LogP contribution >= 0.6 is 0 Å². The Labute approximate surface area is 273 Å². The molecule has 7 heteroatoms. The van der Waals surface area contributed by atoms with Crippen molar-refractivity contribution in [2.24, 2.45) is 0 Å². The second-order valence-electron chi connectivity index (χ2n) is 13.1. The summed E-state index contributed by atoms with van der Waals surface area (Å²) in [5.41, 5.74) is 2.96. The van der Waals surface area contributed by atoms with Crippen molar-refractivity contribution in [3.8, 4) is 11.5 Å². The van der Waals surface area contributed by atoms with E-state index >= 15 is 0 Å². The molecule has 0 aliphatic carbocycles. The first-order chi connectivity index (χ1) is 22.2. The molecule has 3 atom stereocenters. The molecule has 1 amide bonds. The van der Waals surface area contributed by atoms with Crippen LogP contribution in [0.4, 0.5) is 4.79 Å². The van der Waals surface area contributed by atoms with Gasteiger partial charge in [0.15, 0.2) is 0 Å². The van der Waals surface area contributed by atoms with Gasteiger partial charge in [0, 0.05) is 43.1 Å². The Hall–Kier alpha value is -4.07. The van der Waals surface area contributed by atoms with E-state index in [1.807, 2.05) is 49.9 Å². The zero-order chi connectivity index (χ0) is 32.5. The molecule has 46 heavy (non-hydrogen) atoms. The van der Waals surface area contributed by atoms with Crippen molar-refractivity contribution in [2.75, 3.05) is 33.4 Å². The zero-order valence-corrected chi connectivity index (χ0v) is 27.8. The average Bonchev–Trinajstić information content (AvgIpc) is 3.05. The van der Waals surface area contributed by atoms with Gasteiger partial charge in [0.2, 0.25) is 0 Å². The van der Waals surface area contributed by atoms with Crippen LogP contribution in [0.2, 0.25) is 0 Å². The standard InChI is InChI=1S/C39H48N2O5/c1-28(31-16-15-29-11-6-7-12-32(29)25-31)40-36-26-41(38(42)46-39(2,3)4)22-21-35(36)30-17-19-34(20-18-30)45-24-10-23-44-27-33-13-8-9-14-37(33)43-5/h6-9,11-20,25,28,35-36,40H,10,21-24,26-27H2,1-5H3. The zero-order valence-electron chi connectivity index (χ0n) is 27.8. The number of ether oxygens (including phenoxy) is 4. The molecule has 4 aromatic carbocycles. The van der Waals surface area contributed by atoms with Crippen LogP contribution < -0.4 is 14.8 Å². The minimum atomic E-state index is -0.535. The summed E-state index contributed by atoms with van der Waals surface area (Å²) in [7, 11) is 1.67. The summed E-state index contributed by atoms with van der Waals surface area (Å²) in [6, 6.07) is 31.5. The monoisotopic (exact) mass is 624 g/mol. The smallest absolute Gasteiger partial charge is 0.410 e. The lowest BCUT2D eigenvalue weighted by Crippen LogP contribution is -2.53. The van der Waals surface area contributed by atoms with Crippen molar-refractivity contribution in [1.29, 1.82) is 0 Å². The number of para-hydroxylation sites is 1. The van der Waals surface area contributed by atoms with E-state index in [0.29, 0.717) is 32.9 Å². The summed E-state index contributed by atoms with van der Waals surface area (Å²) >= 11 is 0. The average molecular weight is 625 g/mol. The first-order valence-corrected chi connectivity index (χ1v) is 16.4. The van der Waals surface area contributed by atoms with Gasteiger partial charge in [-0.15, -0.1) is 0 Å². The van der Waals surface area contributed by atoms with Crippen LogP contribution in [0.3, 0.4) is 0 Å². The van der Waals surface area contributed by atoms with Gasteiger partial charge in [-0.3, -0.25) is 0 Å². The number of hydrogen-bond donors (Lipinski definition) is 1. The molecule has 0 bridgehead atoms. The lowest BCUT2D eigenvalue weighted by Gasteiger charge is -2.41. The Morgan fingerprint density at radius 1 is 0.935 bits per heavy atom. The maximum Gasteiger partial charge on any atom is 0.410 e. The Balaban J connectivity index is 1.20. The van der Waals surface area contributed by atoms with E-state index in [4.69, 9.17) is 18.9 Å². The van der Waals surface area contributed by atoms with Crippen LogP contribution in [0.1, 0.15) is 69.2 Å². The van der Waals surface area contributed by atoms with Crippen molar-refractivity contribution >= 4 is 16.9 Å². The third-order valence-corrected chi connectivity index (χ3v) is 8.46. The number of methoxy groups -OCH3 is 1. The van der Waals surface area contributed by atoms with Gasteiger partial charge in [0.1, 0.15) is 17.1 Å². The highest BCUT2D eigenvalue weighted by Crippen LogP contribution is 2.32. The first-order valence-electron chi connectivity index (χ1n) is 16.4. The quantitative estimate of drug-likeness (QED) is 0.160. The van der Waals surface area contributed by atoms with Gasteiger partial charge in [-0.05, 0) is 80.3 Å². The minimum Gasteiger partial charge on any atom is -0.496 e. The topological polar surface area (TPSA) is 69.3 Å². The summed E-state index contributed by atoms with van der Waals surface area (Å²) in [6.45, 7) is 10.8. The van der Waals surface area contributed by atoms with Gasteiger partial charge in [-0.1, -0.05) is 66.7 Å². The van der Waals surface area contributed by atoms with Crippen molar-refractivity contribution < 1.29 is 23.7 Å². The molecule has 5 rings (SSSR count). The molecule has 4 aromatic rings. The van der Waals surface area contributed by atoms with E-state index in [1.165, 1.54) is 21.9 Å². The number of nitrogens with zero attached hydrogens (tertiary/aromatic N) is 1. The highest BCUT2D eigenvalue weighted by molar-refractivity contribution is 5.83. The Morgan fingerprint density at radius 3 is 2.43 bits per heavy atom. The van der Waals surface area contributed by atoms with E-state index < -0.39 is 5.60 Å². The summed E-state index contributed by atoms with van der Waals surface area (Å²) in [5.74, 6) is 1.92. The van der Waals surface area contributed by atoms with Crippen LogP contribution in [0, 0.1) is 0 Å². The highest BCUT2D eigenvalue weighted by atomic mass is 16.6. The van der Waals surface area contributed by atoms with Gasteiger partial charge in [-0.2, -0.15) is 0 Å². The van der Waals surface area contributed by atoms with Gasteiger partial charge >= 0.3 is 6.09 Å². The van der Waals surface area contributed by atoms with Crippen LogP contribution in [-0.4, -0.2) is 56.0 Å². The van der Waals surface area contributed by atoms with Gasteiger partial charge in [0.05, 0.1) is 26.9 Å². The van der Waals surface area contributed by atoms with E-state index in [2.05, 4.69) is 79.0 Å². The number of rotatable bonds is 12. The summed E-state index contributed by atoms with van der Waals surface area (Å²) in [5, 5.41) is 6.34. The largest absolute Gasteiger partial charge is 0.496 e. The van der Waals surface area contributed by atoms with Crippen LogP contribution in [0.5, 0.6) is 11.5 Å². The summed E-state index contributed by atoms with van der Waals surface area (Å²) in [4.78, 5) is 14.9.